The predicted octanol–water partition coefficient (Wildman–Crippen LogP) is 1.42. The van der Waals surface area contributed by atoms with E-state index in [0.29, 0.717) is 19.4 Å². The molecule has 1 aliphatic rings. The van der Waals surface area contributed by atoms with Crippen LogP contribution in [0.4, 0.5) is 13.2 Å². The fourth-order valence-electron chi connectivity index (χ4n) is 1.98. The van der Waals surface area contributed by atoms with Crippen LogP contribution in [0.15, 0.2) is 0 Å². The molecule has 5 nitrogen and oxygen atoms in total. The molecule has 0 aromatic rings. The Morgan fingerprint density at radius 1 is 1.32 bits per heavy atom. The highest BCUT2D eigenvalue weighted by molar-refractivity contribution is 5.83. The number of carboxylic acid groups (broad SMARTS) is 1. The van der Waals surface area contributed by atoms with Crippen molar-refractivity contribution >= 4 is 11.9 Å². The zero-order valence-corrected chi connectivity index (χ0v) is 10.3. The van der Waals surface area contributed by atoms with E-state index < -0.39 is 30.7 Å². The number of aliphatic carboxylic acids is 1. The zero-order chi connectivity index (χ0) is 14.5. The van der Waals surface area contributed by atoms with E-state index in [4.69, 9.17) is 5.11 Å². The number of likely N-dealkylation sites (tertiary alicyclic amines) is 1. The molecule has 1 N–H and O–H groups in total. The second-order valence-corrected chi connectivity index (χ2v) is 4.35. The Labute approximate surface area is 108 Å². The van der Waals surface area contributed by atoms with Gasteiger partial charge < -0.3 is 14.7 Å². The van der Waals surface area contributed by atoms with Gasteiger partial charge in [0.1, 0.15) is 12.6 Å². The monoisotopic (exact) mass is 283 g/mol. The summed E-state index contributed by atoms with van der Waals surface area (Å²) in [5.41, 5.74) is 0. The Morgan fingerprint density at radius 3 is 2.58 bits per heavy atom. The molecule has 1 heterocycles. The van der Waals surface area contributed by atoms with E-state index in [2.05, 4.69) is 4.74 Å². The summed E-state index contributed by atoms with van der Waals surface area (Å²) in [7, 11) is 0. The van der Waals surface area contributed by atoms with Crippen molar-refractivity contribution in [2.75, 3.05) is 19.8 Å². The SMILES string of the molecule is O=C(O)C1CCCCN1C(=O)CCOCC(F)(F)F. The molecule has 0 aliphatic carbocycles. The van der Waals surface area contributed by atoms with E-state index in [1.54, 1.807) is 0 Å². The fraction of sp³-hybridized carbons (Fsp3) is 0.818. The molecule has 19 heavy (non-hydrogen) atoms. The van der Waals surface area contributed by atoms with Gasteiger partial charge in [-0.3, -0.25) is 4.79 Å². The van der Waals surface area contributed by atoms with E-state index in [1.165, 1.54) is 4.90 Å². The Kier molecular flexibility index (Phi) is 5.59. The molecule has 1 fully saturated rings. The molecule has 1 rings (SSSR count). The van der Waals surface area contributed by atoms with Gasteiger partial charge in [-0.05, 0) is 19.3 Å². The van der Waals surface area contributed by atoms with Crippen LogP contribution >= 0.6 is 0 Å². The van der Waals surface area contributed by atoms with Gasteiger partial charge in [-0.1, -0.05) is 0 Å². The van der Waals surface area contributed by atoms with Gasteiger partial charge in [0, 0.05) is 6.54 Å². The number of rotatable bonds is 5. The number of carboxylic acids is 1. The third kappa shape index (κ3) is 5.46. The van der Waals surface area contributed by atoms with Crippen LogP contribution in [-0.2, 0) is 14.3 Å². The first kappa shape index (κ1) is 15.7. The smallest absolute Gasteiger partial charge is 0.411 e. The van der Waals surface area contributed by atoms with Crippen LogP contribution in [-0.4, -0.2) is 53.9 Å². The topological polar surface area (TPSA) is 66.8 Å². The minimum absolute atomic E-state index is 0.236. The van der Waals surface area contributed by atoms with Crippen LogP contribution in [0, 0.1) is 0 Å². The van der Waals surface area contributed by atoms with Gasteiger partial charge in [-0.15, -0.1) is 0 Å². The average molecular weight is 283 g/mol. The van der Waals surface area contributed by atoms with Crippen molar-refractivity contribution in [1.29, 1.82) is 0 Å². The lowest BCUT2D eigenvalue weighted by Gasteiger charge is -2.33. The van der Waals surface area contributed by atoms with E-state index in [0.717, 1.165) is 6.42 Å². The predicted molar refractivity (Wildman–Crippen MR) is 58.5 cm³/mol. The first-order valence-electron chi connectivity index (χ1n) is 5.98. The number of hydrogen-bond acceptors (Lipinski definition) is 3. The van der Waals surface area contributed by atoms with E-state index in [1.807, 2.05) is 0 Å². The fourth-order valence-corrected chi connectivity index (χ4v) is 1.98. The van der Waals surface area contributed by atoms with Gasteiger partial charge in [-0.25, -0.2) is 4.79 Å². The number of amides is 1. The summed E-state index contributed by atoms with van der Waals surface area (Å²) in [6, 6.07) is -0.871. The standard InChI is InChI=1S/C11H16F3NO4/c12-11(13,14)7-19-6-4-9(16)15-5-2-1-3-8(15)10(17)18/h8H,1-7H2,(H,17,18). The lowest BCUT2D eigenvalue weighted by Crippen LogP contribution is -2.48. The number of ether oxygens (including phenoxy) is 1. The maximum absolute atomic E-state index is 11.8. The Bertz CT molecular complexity index is 332. The molecular weight excluding hydrogens is 267 g/mol. The maximum atomic E-state index is 11.8. The van der Waals surface area contributed by atoms with Crippen molar-refractivity contribution in [2.24, 2.45) is 0 Å². The molecule has 0 aromatic carbocycles. The number of hydrogen-bond donors (Lipinski definition) is 1. The van der Waals surface area contributed by atoms with Crippen molar-refractivity contribution < 1.29 is 32.6 Å². The number of nitrogens with zero attached hydrogens (tertiary/aromatic N) is 1. The maximum Gasteiger partial charge on any atom is 0.411 e. The molecule has 1 amide bonds. The third-order valence-corrected chi connectivity index (χ3v) is 2.83. The van der Waals surface area contributed by atoms with Crippen LogP contribution in [0.3, 0.4) is 0 Å². The van der Waals surface area contributed by atoms with Gasteiger partial charge >= 0.3 is 12.1 Å². The summed E-state index contributed by atoms with van der Waals surface area (Å²) < 4.78 is 39.7. The summed E-state index contributed by atoms with van der Waals surface area (Å²) in [5, 5.41) is 8.96. The molecule has 8 heteroatoms. The Morgan fingerprint density at radius 2 is 2.00 bits per heavy atom. The van der Waals surface area contributed by atoms with Crippen molar-refractivity contribution in [3.8, 4) is 0 Å². The summed E-state index contributed by atoms with van der Waals surface area (Å²) in [6.45, 7) is -1.43. The van der Waals surface area contributed by atoms with E-state index in [-0.39, 0.29) is 13.0 Å². The van der Waals surface area contributed by atoms with Gasteiger partial charge in [0.25, 0.3) is 0 Å². The summed E-state index contributed by atoms with van der Waals surface area (Å²) in [4.78, 5) is 23.9. The molecule has 110 valence electrons. The van der Waals surface area contributed by atoms with Crippen molar-refractivity contribution in [3.05, 3.63) is 0 Å². The zero-order valence-electron chi connectivity index (χ0n) is 10.3. The third-order valence-electron chi connectivity index (χ3n) is 2.83. The molecule has 0 radical (unpaired) electrons. The average Bonchev–Trinajstić information content (AvgIpc) is 2.33. The number of halogens is 3. The lowest BCUT2D eigenvalue weighted by atomic mass is 10.0. The number of carbonyl (C=O) groups is 2. The second kappa shape index (κ2) is 6.74. The van der Waals surface area contributed by atoms with Gasteiger partial charge in [0.15, 0.2) is 0 Å². The number of piperidine rings is 1. The van der Waals surface area contributed by atoms with Crippen molar-refractivity contribution in [3.63, 3.8) is 0 Å². The lowest BCUT2D eigenvalue weighted by molar-refractivity contribution is -0.175. The second-order valence-electron chi connectivity index (χ2n) is 4.35. The normalized spacial score (nSPS) is 20.4. The van der Waals surface area contributed by atoms with Gasteiger partial charge in [-0.2, -0.15) is 13.2 Å². The van der Waals surface area contributed by atoms with Crippen LogP contribution in [0.1, 0.15) is 25.7 Å². The molecule has 0 spiro atoms. The highest BCUT2D eigenvalue weighted by Gasteiger charge is 2.32. The minimum Gasteiger partial charge on any atom is -0.480 e. The quantitative estimate of drug-likeness (QED) is 0.775. The first-order valence-corrected chi connectivity index (χ1v) is 5.98. The van der Waals surface area contributed by atoms with Crippen LogP contribution in [0.2, 0.25) is 0 Å². The van der Waals surface area contributed by atoms with Crippen molar-refractivity contribution in [1.82, 2.24) is 4.90 Å². The molecule has 1 aliphatic heterocycles. The Balaban J connectivity index is 2.37. The highest BCUT2D eigenvalue weighted by Crippen LogP contribution is 2.18. The first-order chi connectivity index (χ1) is 8.81. The highest BCUT2D eigenvalue weighted by atomic mass is 19.4. The molecule has 1 saturated heterocycles. The molecule has 0 bridgehead atoms. The van der Waals surface area contributed by atoms with Gasteiger partial charge in [0.2, 0.25) is 5.91 Å². The molecule has 1 unspecified atom stereocenters. The van der Waals surface area contributed by atoms with E-state index in [9.17, 15) is 22.8 Å². The molecular formula is C11H16F3NO4. The van der Waals surface area contributed by atoms with Crippen LogP contribution < -0.4 is 0 Å². The number of alkyl halides is 3. The summed E-state index contributed by atoms with van der Waals surface area (Å²) in [6.07, 6.45) is -2.84. The molecule has 0 saturated carbocycles. The Hall–Kier alpha value is -1.31. The largest absolute Gasteiger partial charge is 0.480 e. The van der Waals surface area contributed by atoms with Gasteiger partial charge in [0.05, 0.1) is 13.0 Å². The number of carbonyl (C=O) groups excluding carboxylic acids is 1. The van der Waals surface area contributed by atoms with Crippen molar-refractivity contribution in [2.45, 2.75) is 37.9 Å². The summed E-state index contributed by atoms with van der Waals surface area (Å²) >= 11 is 0. The summed E-state index contributed by atoms with van der Waals surface area (Å²) in [5.74, 6) is -1.56. The van der Waals surface area contributed by atoms with E-state index >= 15 is 0 Å². The van der Waals surface area contributed by atoms with Crippen LogP contribution in [0.25, 0.3) is 0 Å². The van der Waals surface area contributed by atoms with Crippen LogP contribution in [0.5, 0.6) is 0 Å². The molecule has 1 atom stereocenters. The molecule has 0 aromatic heterocycles. The minimum atomic E-state index is -4.42.